The SMILES string of the molecule is O=C(c1csc(-c2ccccc2)n1)N1CCN2C(=O)OC[C@@H]2C1. The Morgan fingerprint density at radius 1 is 1.26 bits per heavy atom. The highest BCUT2D eigenvalue weighted by Crippen LogP contribution is 2.25. The van der Waals surface area contributed by atoms with Crippen LogP contribution >= 0.6 is 11.3 Å². The van der Waals surface area contributed by atoms with E-state index in [1.807, 2.05) is 30.3 Å². The molecule has 7 heteroatoms. The number of rotatable bonds is 2. The van der Waals surface area contributed by atoms with Gasteiger partial charge < -0.3 is 9.64 Å². The molecule has 1 atom stereocenters. The molecule has 0 radical (unpaired) electrons. The Morgan fingerprint density at radius 2 is 2.09 bits per heavy atom. The molecule has 118 valence electrons. The van der Waals surface area contributed by atoms with Crippen molar-refractivity contribution in [2.75, 3.05) is 26.2 Å². The number of fused-ring (bicyclic) bond motifs is 1. The monoisotopic (exact) mass is 329 g/mol. The molecule has 1 aromatic carbocycles. The number of aromatic nitrogens is 1. The van der Waals surface area contributed by atoms with Gasteiger partial charge in [0, 0.05) is 30.6 Å². The smallest absolute Gasteiger partial charge is 0.410 e. The topological polar surface area (TPSA) is 62.7 Å². The first kappa shape index (κ1) is 14.2. The average molecular weight is 329 g/mol. The first-order valence-electron chi connectivity index (χ1n) is 7.46. The van der Waals surface area contributed by atoms with Crippen LogP contribution in [0.3, 0.4) is 0 Å². The number of carbonyl (C=O) groups excluding carboxylic acids is 2. The molecule has 2 saturated heterocycles. The van der Waals surface area contributed by atoms with Gasteiger partial charge in [0.25, 0.3) is 5.91 Å². The Labute approximate surface area is 137 Å². The van der Waals surface area contributed by atoms with Gasteiger partial charge in [-0.25, -0.2) is 9.78 Å². The van der Waals surface area contributed by atoms with E-state index in [1.165, 1.54) is 11.3 Å². The lowest BCUT2D eigenvalue weighted by molar-refractivity contribution is 0.0612. The van der Waals surface area contributed by atoms with Gasteiger partial charge in [-0.1, -0.05) is 30.3 Å². The third kappa shape index (κ3) is 2.57. The first-order chi connectivity index (χ1) is 11.2. The molecule has 2 aromatic rings. The fourth-order valence-corrected chi connectivity index (χ4v) is 3.72. The zero-order chi connectivity index (χ0) is 15.8. The van der Waals surface area contributed by atoms with Crippen molar-refractivity contribution in [3.63, 3.8) is 0 Å². The van der Waals surface area contributed by atoms with E-state index in [0.29, 0.717) is 31.9 Å². The number of thiazole rings is 1. The van der Waals surface area contributed by atoms with Gasteiger partial charge in [0.05, 0.1) is 6.04 Å². The summed E-state index contributed by atoms with van der Waals surface area (Å²) >= 11 is 1.47. The Hall–Kier alpha value is -2.41. The van der Waals surface area contributed by atoms with Crippen LogP contribution in [0.4, 0.5) is 4.79 Å². The second kappa shape index (κ2) is 5.66. The summed E-state index contributed by atoms with van der Waals surface area (Å²) < 4.78 is 5.03. The number of hydrogen-bond donors (Lipinski definition) is 0. The zero-order valence-corrected chi connectivity index (χ0v) is 13.2. The van der Waals surface area contributed by atoms with Gasteiger partial charge in [-0.2, -0.15) is 0 Å². The molecule has 2 aliphatic rings. The third-order valence-electron chi connectivity index (χ3n) is 4.15. The van der Waals surface area contributed by atoms with Crippen molar-refractivity contribution in [3.8, 4) is 10.6 Å². The van der Waals surface area contributed by atoms with Gasteiger partial charge in [-0.15, -0.1) is 11.3 Å². The fourth-order valence-electron chi connectivity index (χ4n) is 2.92. The number of ether oxygens (including phenoxy) is 1. The van der Waals surface area contributed by atoms with Gasteiger partial charge in [-0.05, 0) is 0 Å². The molecule has 3 heterocycles. The maximum Gasteiger partial charge on any atom is 0.410 e. The number of nitrogens with zero attached hydrogens (tertiary/aromatic N) is 3. The van der Waals surface area contributed by atoms with Crippen LogP contribution in [0.25, 0.3) is 10.6 Å². The van der Waals surface area contributed by atoms with Crippen molar-refractivity contribution in [3.05, 3.63) is 41.4 Å². The van der Waals surface area contributed by atoms with Gasteiger partial charge in [-0.3, -0.25) is 9.69 Å². The summed E-state index contributed by atoms with van der Waals surface area (Å²) in [5.74, 6) is -0.0811. The predicted molar refractivity (Wildman–Crippen MR) is 85.3 cm³/mol. The number of piperazine rings is 1. The molecule has 0 bridgehead atoms. The number of cyclic esters (lactones) is 1. The Balaban J connectivity index is 1.50. The van der Waals surface area contributed by atoms with Crippen molar-refractivity contribution in [2.24, 2.45) is 0 Å². The van der Waals surface area contributed by atoms with Crippen molar-refractivity contribution >= 4 is 23.3 Å². The molecular formula is C16H15N3O3S. The summed E-state index contributed by atoms with van der Waals surface area (Å²) in [6, 6.07) is 9.78. The third-order valence-corrected chi connectivity index (χ3v) is 5.04. The summed E-state index contributed by atoms with van der Waals surface area (Å²) in [7, 11) is 0. The first-order valence-corrected chi connectivity index (χ1v) is 8.34. The Kier molecular flexibility index (Phi) is 3.49. The van der Waals surface area contributed by atoms with E-state index in [0.717, 1.165) is 10.6 Å². The number of hydrogen-bond acceptors (Lipinski definition) is 5. The standard InChI is InChI=1S/C16H15N3O3S/c20-15(18-6-7-19-12(8-18)9-22-16(19)21)13-10-23-14(17-13)11-4-2-1-3-5-11/h1-5,10,12H,6-9H2/t12-/m0/s1. The minimum absolute atomic E-state index is 0.0348. The molecule has 2 amide bonds. The maximum atomic E-state index is 12.6. The van der Waals surface area contributed by atoms with Crippen LogP contribution in [-0.4, -0.2) is 59.1 Å². The van der Waals surface area contributed by atoms with Crippen LogP contribution < -0.4 is 0 Å². The van der Waals surface area contributed by atoms with Crippen LogP contribution in [-0.2, 0) is 4.74 Å². The summed E-state index contributed by atoms with van der Waals surface area (Å²) in [5.41, 5.74) is 1.48. The molecule has 1 aromatic heterocycles. The molecule has 0 unspecified atom stereocenters. The average Bonchev–Trinajstić information content (AvgIpc) is 3.22. The molecule has 2 fully saturated rings. The van der Waals surface area contributed by atoms with Crippen LogP contribution in [0, 0.1) is 0 Å². The van der Waals surface area contributed by atoms with E-state index in [2.05, 4.69) is 4.98 Å². The van der Waals surface area contributed by atoms with E-state index in [9.17, 15) is 9.59 Å². The second-order valence-corrected chi connectivity index (χ2v) is 6.44. The summed E-state index contributed by atoms with van der Waals surface area (Å²) in [6.45, 7) is 1.89. The van der Waals surface area contributed by atoms with E-state index in [1.54, 1.807) is 15.2 Å². The van der Waals surface area contributed by atoms with Crippen LogP contribution in [0.2, 0.25) is 0 Å². The highest BCUT2D eigenvalue weighted by atomic mass is 32.1. The summed E-state index contributed by atoms with van der Waals surface area (Å²) in [6.07, 6.45) is -0.276. The number of benzene rings is 1. The normalized spacial score (nSPS) is 20.3. The van der Waals surface area contributed by atoms with Crippen LogP contribution in [0.1, 0.15) is 10.5 Å². The fraction of sp³-hybridized carbons (Fsp3) is 0.312. The molecule has 2 aliphatic heterocycles. The maximum absolute atomic E-state index is 12.6. The van der Waals surface area contributed by atoms with Gasteiger partial charge in [0.15, 0.2) is 0 Å². The van der Waals surface area contributed by atoms with Crippen molar-refractivity contribution in [2.45, 2.75) is 6.04 Å². The van der Waals surface area contributed by atoms with E-state index < -0.39 is 0 Å². The Bertz CT molecular complexity index is 746. The van der Waals surface area contributed by atoms with E-state index in [4.69, 9.17) is 4.74 Å². The van der Waals surface area contributed by atoms with E-state index >= 15 is 0 Å². The molecule has 6 nitrogen and oxygen atoms in total. The van der Waals surface area contributed by atoms with Gasteiger partial charge in [0.2, 0.25) is 0 Å². The van der Waals surface area contributed by atoms with Crippen molar-refractivity contribution in [1.29, 1.82) is 0 Å². The van der Waals surface area contributed by atoms with Gasteiger partial charge >= 0.3 is 6.09 Å². The lowest BCUT2D eigenvalue weighted by Crippen LogP contribution is -2.53. The van der Waals surface area contributed by atoms with Crippen LogP contribution in [0.15, 0.2) is 35.7 Å². The second-order valence-electron chi connectivity index (χ2n) is 5.58. The summed E-state index contributed by atoms with van der Waals surface area (Å²) in [5, 5.41) is 2.64. The quantitative estimate of drug-likeness (QED) is 0.846. The molecule has 0 spiro atoms. The molecule has 4 rings (SSSR count). The molecule has 0 N–H and O–H groups in total. The minimum Gasteiger partial charge on any atom is -0.447 e. The Morgan fingerprint density at radius 3 is 2.91 bits per heavy atom. The molecule has 0 aliphatic carbocycles. The van der Waals surface area contributed by atoms with E-state index in [-0.39, 0.29) is 18.0 Å². The molecule has 0 saturated carbocycles. The largest absolute Gasteiger partial charge is 0.447 e. The minimum atomic E-state index is -0.276. The van der Waals surface area contributed by atoms with Crippen molar-refractivity contribution in [1.82, 2.24) is 14.8 Å². The number of carbonyl (C=O) groups is 2. The van der Waals surface area contributed by atoms with Gasteiger partial charge in [0.1, 0.15) is 17.3 Å². The molecular weight excluding hydrogens is 314 g/mol. The zero-order valence-electron chi connectivity index (χ0n) is 12.3. The van der Waals surface area contributed by atoms with Crippen LogP contribution in [0.5, 0.6) is 0 Å². The molecule has 23 heavy (non-hydrogen) atoms. The highest BCUT2D eigenvalue weighted by molar-refractivity contribution is 7.13. The predicted octanol–water partition coefficient (Wildman–Crippen LogP) is 2.09. The lowest BCUT2D eigenvalue weighted by atomic mass is 10.2. The lowest BCUT2D eigenvalue weighted by Gasteiger charge is -2.34. The highest BCUT2D eigenvalue weighted by Gasteiger charge is 2.39. The van der Waals surface area contributed by atoms with Crippen molar-refractivity contribution < 1.29 is 14.3 Å². The summed E-state index contributed by atoms with van der Waals surface area (Å²) in [4.78, 5) is 32.1. The number of amides is 2.